The van der Waals surface area contributed by atoms with Crippen molar-refractivity contribution in [1.29, 1.82) is 0 Å². The largest absolute Gasteiger partial charge is 0.497 e. The van der Waals surface area contributed by atoms with Crippen LogP contribution in [0.5, 0.6) is 17.6 Å². The second kappa shape index (κ2) is 45.8. The van der Waals surface area contributed by atoms with Crippen LogP contribution in [0.25, 0.3) is 100 Å². The van der Waals surface area contributed by atoms with Gasteiger partial charge in [0.15, 0.2) is 0 Å². The summed E-state index contributed by atoms with van der Waals surface area (Å²) in [6.45, 7) is 28.3. The third kappa shape index (κ3) is 22.0. The summed E-state index contributed by atoms with van der Waals surface area (Å²) in [5, 5.41) is 22.5. The topological polar surface area (TPSA) is 375 Å². The van der Waals surface area contributed by atoms with E-state index < -0.39 is 88.7 Å². The van der Waals surface area contributed by atoms with E-state index in [1.54, 1.807) is 90.7 Å². The summed E-state index contributed by atoms with van der Waals surface area (Å²) < 4.78 is 214. The summed E-state index contributed by atoms with van der Waals surface area (Å²) in [5.74, 6) is -7.20. The smallest absolute Gasteiger partial charge is 0.481 e. The lowest BCUT2D eigenvalue weighted by atomic mass is 9.78. The summed E-state index contributed by atoms with van der Waals surface area (Å²) in [6.07, 6.45) is 10.2. The molecule has 150 heavy (non-hydrogen) atoms. The molecule has 3 N–H and O–H groups in total. The monoisotopic (exact) mass is 2140 g/mol. The number of aryl methyl sites for hydroxylation is 6. The Balaban J connectivity index is 0.000000134. The van der Waals surface area contributed by atoms with Crippen molar-refractivity contribution in [1.82, 2.24) is 68.8 Å². The molecular formula is C106H110BBrF9N15O18. The number of carbonyl (C=O) groups excluding carboxylic acids is 4. The summed E-state index contributed by atoms with van der Waals surface area (Å²) in [7, 11) is 3.48. The van der Waals surface area contributed by atoms with Crippen molar-refractivity contribution in [2.24, 2.45) is 5.73 Å². The molecule has 33 nitrogen and oxygen atoms in total. The Morgan fingerprint density at radius 1 is 0.400 bits per heavy atom. The first-order chi connectivity index (χ1) is 71.7. The number of benzene rings is 5. The fraction of sp³-hybridized carbons (Fsp3) is 0.387. The molecule has 0 saturated carbocycles. The minimum Gasteiger partial charge on any atom is -0.481 e. The van der Waals surface area contributed by atoms with E-state index in [0.29, 0.717) is 182 Å². The highest BCUT2D eigenvalue weighted by molar-refractivity contribution is 9.10. The van der Waals surface area contributed by atoms with Crippen molar-refractivity contribution in [2.45, 2.75) is 164 Å². The Morgan fingerprint density at radius 3 is 1.04 bits per heavy atom. The van der Waals surface area contributed by atoms with Gasteiger partial charge in [0.2, 0.25) is 17.6 Å². The number of aromatic nitrogens is 14. The van der Waals surface area contributed by atoms with Gasteiger partial charge in [0.1, 0.15) is 69.0 Å². The molecule has 14 aromatic rings. The van der Waals surface area contributed by atoms with Crippen LogP contribution < -0.4 is 31.0 Å². The first-order valence-corrected chi connectivity index (χ1v) is 49.3. The van der Waals surface area contributed by atoms with E-state index in [4.69, 9.17) is 67.1 Å². The van der Waals surface area contributed by atoms with Crippen LogP contribution in [0.4, 0.5) is 39.5 Å². The minimum atomic E-state index is -1.05. The quantitative estimate of drug-likeness (QED) is 0.0197. The average Bonchev–Trinajstić information content (AvgIpc) is 1.50. The van der Waals surface area contributed by atoms with Crippen LogP contribution in [-0.4, -0.2) is 218 Å². The predicted octanol–water partition coefficient (Wildman–Crippen LogP) is 18.9. The molecule has 5 aromatic carbocycles. The normalized spacial score (nSPS) is 17.5. The highest BCUT2D eigenvalue weighted by atomic mass is 79.9. The third-order valence-electron chi connectivity index (χ3n) is 27.1. The van der Waals surface area contributed by atoms with E-state index in [1.165, 1.54) is 63.8 Å². The number of rotatable bonds is 23. The van der Waals surface area contributed by atoms with E-state index in [2.05, 4.69) is 61.4 Å². The molecule has 9 aromatic heterocycles. The van der Waals surface area contributed by atoms with Gasteiger partial charge in [-0.2, -0.15) is 25.5 Å². The molecule has 44 heteroatoms. The first kappa shape index (κ1) is 109. The molecule has 790 valence electrons. The third-order valence-corrected chi connectivity index (χ3v) is 27.7. The van der Waals surface area contributed by atoms with Gasteiger partial charge in [0.05, 0.1) is 196 Å². The molecule has 15 heterocycles. The predicted molar refractivity (Wildman–Crippen MR) is 538 cm³/mol. The zero-order valence-corrected chi connectivity index (χ0v) is 86.7. The summed E-state index contributed by atoms with van der Waals surface area (Å²) in [4.78, 5) is 77.8. The molecule has 6 fully saturated rings. The van der Waals surface area contributed by atoms with Gasteiger partial charge in [-0.1, -0.05) is 0 Å². The number of nitrogens with one attached hydrogen (secondary N) is 1. The van der Waals surface area contributed by atoms with Gasteiger partial charge in [-0.25, -0.2) is 68.8 Å². The summed E-state index contributed by atoms with van der Waals surface area (Å²) >= 11 is 2.95. The number of nitrogens with zero attached hydrogens (tertiary/aromatic N) is 13. The van der Waals surface area contributed by atoms with E-state index >= 15 is 30.7 Å². The van der Waals surface area contributed by atoms with Gasteiger partial charge in [0.25, 0.3) is 11.5 Å². The number of amides is 1. The van der Waals surface area contributed by atoms with Crippen LogP contribution in [-0.2, 0) is 47.2 Å². The van der Waals surface area contributed by atoms with Crippen LogP contribution in [0.3, 0.4) is 0 Å². The fourth-order valence-electron chi connectivity index (χ4n) is 19.2. The molecule has 1 amide bonds. The number of nitrogens with two attached hydrogens (primary N) is 1. The number of H-pyrrole nitrogens is 1. The number of hydrogen-bond acceptors (Lipinski definition) is 26. The van der Waals surface area contributed by atoms with Crippen molar-refractivity contribution in [3.05, 3.63) is 233 Å². The van der Waals surface area contributed by atoms with Crippen LogP contribution in [0, 0.1) is 93.9 Å². The SMILES string of the molecule is CCOC(=O)c1cnn([C@H]2CCOC2)c1-c1cc(F)c(-c2c(C)cc(OC)nc2C)cc1F.CCOC(=O)c1cnn([C@H]2CCOC2)c1-c1cc(F)c(B2OC(C)(C)C(C)(C)O2)cc1F.CCOC(=O)c1cnn([C@H]2CCOC2)c1-c1cc(F)c(Br)cc1F.COc1cc(C)c(-c2cc(F)c(-c3c(C(N)=O)cnn3[C@H]3CCOC3)cc2F)c(C)n1.COc1cc(C)c(-c2cc3[nH]c(=O)c4cnn([C@H]5CCOC5)c4c3cc2F)c(C)n1. The van der Waals surface area contributed by atoms with Gasteiger partial charge in [-0.3, -0.25) is 33.0 Å². The second-order valence-corrected chi connectivity index (χ2v) is 38.2. The summed E-state index contributed by atoms with van der Waals surface area (Å²) in [5.41, 5.74) is 11.8. The van der Waals surface area contributed by atoms with Gasteiger partial charge >= 0.3 is 25.0 Å². The molecule has 0 radical (unpaired) electrons. The number of hydrogen-bond donors (Lipinski definition) is 2. The van der Waals surface area contributed by atoms with Crippen LogP contribution in [0.15, 0.2) is 119 Å². The number of ether oxygens (including phenoxy) is 11. The standard InChI is InChI=1S/C24H25F2N3O4.C22H27BF2N2O5.C22H22F2N4O3.C22H21FN4O3.C16H15BrF2N2O3/c1-5-33-24(30)18-11-27-29(15-6-7-32-12-15)23(18)17-10-19(25)16(9-20(17)26)22-13(2)8-21(31-4)28-14(22)3;1-6-30-20(28)15-11-26-27(13-7-8-29-12-13)19(15)14-9-18(25)16(10-17(14)24)23-31-21(2,3)22(4,5)32-23;1-11-6-19(30-3)27-12(2)20(11)14-7-18(24)15(8-17(14)23)21-16(22(25)29)9-26-28(21)13-4-5-31-10-13;1-11-6-19(29-3)25-12(2)20(11)14-8-18-15(7-17(14)23)21-16(22(28)26-18)9-24-27(21)13-4-5-30-10-13;1-2-24-16(22)11-7-20-21(9-3-4-23-8-9)15(11)10-5-14(19)12(17)6-13(10)18/h8-11,15H,5-7,12H2,1-4H3;9-11,13H,6-8,12H2,1-5H3;6-9,13H,4-5,10H2,1-3H3,(H2,25,29);6-9,13H,4-5,10H2,1-3H3,(H,26,28);5-7,9H,2-4,8H2,1H3/t15-;3*13-;9-/m00000/s1. The van der Waals surface area contributed by atoms with Crippen molar-refractivity contribution in [3.63, 3.8) is 0 Å². The maximum atomic E-state index is 15.5. The van der Waals surface area contributed by atoms with Gasteiger partial charge in [-0.15, -0.1) is 0 Å². The Kier molecular flexibility index (Phi) is 33.2. The first-order valence-electron chi connectivity index (χ1n) is 48.5. The maximum Gasteiger partial charge on any atom is 0.497 e. The van der Waals surface area contributed by atoms with Crippen molar-refractivity contribution >= 4 is 74.1 Å². The Bertz CT molecular complexity index is 7470. The van der Waals surface area contributed by atoms with Gasteiger partial charge in [-0.05, 0) is 215 Å². The van der Waals surface area contributed by atoms with Crippen molar-refractivity contribution < 1.29 is 120 Å². The van der Waals surface area contributed by atoms with E-state index in [-0.39, 0.29) is 150 Å². The molecule has 6 aliphatic heterocycles. The zero-order valence-electron chi connectivity index (χ0n) is 85.1. The second-order valence-electron chi connectivity index (χ2n) is 37.3. The highest BCUT2D eigenvalue weighted by Crippen LogP contribution is 2.46. The number of halogens is 10. The molecule has 0 aliphatic carbocycles. The number of primary amides is 1. The van der Waals surface area contributed by atoms with Crippen LogP contribution in [0.2, 0.25) is 0 Å². The molecular weight excluding hydrogens is 2030 g/mol. The molecule has 5 atom stereocenters. The molecule has 0 unspecified atom stereocenters. The lowest BCUT2D eigenvalue weighted by Gasteiger charge is -2.32. The van der Waals surface area contributed by atoms with E-state index in [9.17, 15) is 32.8 Å². The van der Waals surface area contributed by atoms with Crippen molar-refractivity contribution in [2.75, 3.05) is 107 Å². The summed E-state index contributed by atoms with van der Waals surface area (Å²) in [6, 6.07) is 16.2. The molecule has 20 rings (SSSR count). The molecule has 0 bridgehead atoms. The Labute approximate surface area is 864 Å². The number of aromatic amines is 1. The van der Waals surface area contributed by atoms with E-state index in [1.807, 2.05) is 41.5 Å². The van der Waals surface area contributed by atoms with Crippen molar-refractivity contribution in [3.8, 4) is 96.1 Å². The highest BCUT2D eigenvalue weighted by Gasteiger charge is 2.53. The fourth-order valence-corrected chi connectivity index (χ4v) is 19.5. The van der Waals surface area contributed by atoms with Gasteiger partial charge in [0, 0.05) is 135 Å². The number of esters is 3. The van der Waals surface area contributed by atoms with E-state index in [0.717, 1.165) is 60.5 Å². The number of pyridine rings is 4. The lowest BCUT2D eigenvalue weighted by molar-refractivity contribution is 0.00578. The minimum absolute atomic E-state index is 0.0108. The Hall–Kier alpha value is -14.0. The van der Waals surface area contributed by atoms with Crippen LogP contribution >= 0.6 is 15.9 Å². The number of methoxy groups -OCH3 is 3. The molecule has 0 spiro atoms. The Morgan fingerprint density at radius 2 is 0.700 bits per heavy atom. The van der Waals surface area contributed by atoms with Gasteiger partial charge < -0.3 is 72.1 Å². The molecule has 6 saturated heterocycles. The maximum absolute atomic E-state index is 15.5. The average molecular weight is 2140 g/mol. The number of carbonyl (C=O) groups is 4. The lowest BCUT2D eigenvalue weighted by Crippen LogP contribution is -2.41. The molecule has 6 aliphatic rings. The zero-order chi connectivity index (χ0) is 107. The van der Waals surface area contributed by atoms with Crippen LogP contribution in [0.1, 0.15) is 186 Å². The number of fused-ring (bicyclic) bond motifs is 3.